The van der Waals surface area contributed by atoms with Crippen LogP contribution in [0.4, 0.5) is 0 Å². The fraction of sp³-hybridized carbons (Fsp3) is 0.667. The first kappa shape index (κ1) is 16.7. The van der Waals surface area contributed by atoms with Gasteiger partial charge in [0.15, 0.2) is 5.96 Å². The molecule has 1 amide bonds. The van der Waals surface area contributed by atoms with Crippen LogP contribution in [0.2, 0.25) is 0 Å². The predicted octanol–water partition coefficient (Wildman–Crippen LogP) is 1.37. The van der Waals surface area contributed by atoms with Crippen LogP contribution >= 0.6 is 11.3 Å². The number of nitrogens with one attached hydrogen (secondary N) is 2. The summed E-state index contributed by atoms with van der Waals surface area (Å²) in [5.41, 5.74) is 1.04. The number of thiazole rings is 1. The Morgan fingerprint density at radius 1 is 1.59 bits per heavy atom. The van der Waals surface area contributed by atoms with E-state index in [4.69, 9.17) is 0 Å². The molecule has 1 aromatic rings. The molecule has 0 aliphatic carbocycles. The number of amides is 1. The molecule has 1 unspecified atom stereocenters. The number of rotatable bonds is 4. The molecule has 1 aliphatic rings. The van der Waals surface area contributed by atoms with Crippen LogP contribution in [0.1, 0.15) is 31.0 Å². The Morgan fingerprint density at radius 2 is 2.36 bits per heavy atom. The molecule has 1 fully saturated rings. The molecule has 0 radical (unpaired) electrons. The van der Waals surface area contributed by atoms with Crippen LogP contribution in [-0.2, 0) is 11.3 Å². The summed E-state index contributed by atoms with van der Waals surface area (Å²) in [6, 6.07) is 0.256. The maximum Gasteiger partial charge on any atom is 0.225 e. The summed E-state index contributed by atoms with van der Waals surface area (Å²) in [4.78, 5) is 22.6. The van der Waals surface area contributed by atoms with Gasteiger partial charge in [0, 0.05) is 43.2 Å². The summed E-state index contributed by atoms with van der Waals surface area (Å²) < 4.78 is 0. The number of hydrogen-bond donors (Lipinski definition) is 2. The van der Waals surface area contributed by atoms with Crippen LogP contribution < -0.4 is 10.6 Å². The topological polar surface area (TPSA) is 69.6 Å². The highest BCUT2D eigenvalue weighted by Crippen LogP contribution is 2.13. The first-order valence-electron chi connectivity index (χ1n) is 7.66. The van der Waals surface area contributed by atoms with E-state index in [2.05, 4.69) is 20.6 Å². The van der Waals surface area contributed by atoms with Crippen molar-refractivity contribution in [3.63, 3.8) is 0 Å². The molecule has 2 N–H and O–H groups in total. The quantitative estimate of drug-likeness (QED) is 0.649. The van der Waals surface area contributed by atoms with Gasteiger partial charge in [0.1, 0.15) is 5.01 Å². The van der Waals surface area contributed by atoms with Crippen LogP contribution in [0, 0.1) is 12.8 Å². The summed E-state index contributed by atoms with van der Waals surface area (Å²) in [5, 5.41) is 9.75. The lowest BCUT2D eigenvalue weighted by Crippen LogP contribution is -2.45. The third-order valence-electron chi connectivity index (χ3n) is 3.63. The maximum absolute atomic E-state index is 12.0. The van der Waals surface area contributed by atoms with Gasteiger partial charge in [-0.1, -0.05) is 13.8 Å². The number of carbonyl (C=O) groups is 1. The monoisotopic (exact) mass is 323 g/mol. The second-order valence-electron chi connectivity index (χ2n) is 5.88. The fourth-order valence-electron chi connectivity index (χ4n) is 2.47. The maximum atomic E-state index is 12.0. The van der Waals surface area contributed by atoms with Gasteiger partial charge in [-0.2, -0.15) is 0 Å². The first-order valence-corrected chi connectivity index (χ1v) is 8.54. The summed E-state index contributed by atoms with van der Waals surface area (Å²) in [6.07, 6.45) is 0.954. The van der Waals surface area contributed by atoms with Gasteiger partial charge in [-0.15, -0.1) is 11.3 Å². The summed E-state index contributed by atoms with van der Waals surface area (Å²) >= 11 is 1.64. The highest BCUT2D eigenvalue weighted by molar-refractivity contribution is 7.09. The number of aliphatic imine (C=N–C) groups is 1. The normalized spacial score (nSPS) is 18.9. The SMILES string of the molecule is CN=C(NCc1nc(C)cs1)NC1CCN(C(=O)C(C)C)C1. The second kappa shape index (κ2) is 7.58. The van der Waals surface area contributed by atoms with E-state index in [0.29, 0.717) is 6.54 Å². The third kappa shape index (κ3) is 4.43. The average Bonchev–Trinajstić information content (AvgIpc) is 3.11. The summed E-state index contributed by atoms with van der Waals surface area (Å²) in [7, 11) is 1.76. The van der Waals surface area contributed by atoms with Gasteiger partial charge in [0.2, 0.25) is 5.91 Å². The van der Waals surface area contributed by atoms with Gasteiger partial charge in [-0.05, 0) is 13.3 Å². The van der Waals surface area contributed by atoms with Gasteiger partial charge in [-0.25, -0.2) is 4.98 Å². The summed E-state index contributed by atoms with van der Waals surface area (Å²) in [5.74, 6) is 1.05. The van der Waals surface area contributed by atoms with Crippen molar-refractivity contribution >= 4 is 23.2 Å². The van der Waals surface area contributed by atoms with Gasteiger partial charge < -0.3 is 15.5 Å². The van der Waals surface area contributed by atoms with Crippen molar-refractivity contribution in [2.75, 3.05) is 20.1 Å². The Labute approximate surface area is 136 Å². The average molecular weight is 323 g/mol. The minimum absolute atomic E-state index is 0.0596. The van der Waals surface area contributed by atoms with Crippen molar-refractivity contribution < 1.29 is 4.79 Å². The number of nitrogens with zero attached hydrogens (tertiary/aromatic N) is 3. The van der Waals surface area contributed by atoms with E-state index < -0.39 is 0 Å². The van der Waals surface area contributed by atoms with E-state index in [1.54, 1.807) is 18.4 Å². The minimum Gasteiger partial charge on any atom is -0.352 e. The molecule has 0 saturated carbocycles. The molecule has 2 heterocycles. The molecule has 1 atom stereocenters. The molecule has 0 spiro atoms. The third-order valence-corrected chi connectivity index (χ3v) is 4.60. The molecule has 2 rings (SSSR count). The largest absolute Gasteiger partial charge is 0.352 e. The smallest absolute Gasteiger partial charge is 0.225 e. The molecule has 7 heteroatoms. The van der Waals surface area contributed by atoms with E-state index in [1.807, 2.05) is 31.1 Å². The molecule has 1 aliphatic heterocycles. The Kier molecular flexibility index (Phi) is 5.76. The van der Waals surface area contributed by atoms with E-state index >= 15 is 0 Å². The molecular weight excluding hydrogens is 298 g/mol. The zero-order valence-corrected chi connectivity index (χ0v) is 14.5. The zero-order valence-electron chi connectivity index (χ0n) is 13.7. The van der Waals surface area contributed by atoms with Gasteiger partial charge in [0.25, 0.3) is 0 Å². The number of guanidine groups is 1. The van der Waals surface area contributed by atoms with Crippen LogP contribution in [0.25, 0.3) is 0 Å². The first-order chi connectivity index (χ1) is 10.5. The van der Waals surface area contributed by atoms with Crippen LogP contribution in [0.5, 0.6) is 0 Å². The molecule has 122 valence electrons. The second-order valence-corrected chi connectivity index (χ2v) is 6.82. The van der Waals surface area contributed by atoms with E-state index in [1.165, 1.54) is 0 Å². The van der Waals surface area contributed by atoms with Gasteiger partial charge >= 0.3 is 0 Å². The molecule has 6 nitrogen and oxygen atoms in total. The van der Waals surface area contributed by atoms with E-state index in [0.717, 1.165) is 36.2 Å². The predicted molar refractivity (Wildman–Crippen MR) is 90.0 cm³/mol. The highest BCUT2D eigenvalue weighted by atomic mass is 32.1. The van der Waals surface area contributed by atoms with Gasteiger partial charge in [0.05, 0.1) is 6.54 Å². The van der Waals surface area contributed by atoms with Crippen molar-refractivity contribution in [1.29, 1.82) is 0 Å². The van der Waals surface area contributed by atoms with Crippen molar-refractivity contribution in [2.24, 2.45) is 10.9 Å². The molecule has 22 heavy (non-hydrogen) atoms. The minimum atomic E-state index is 0.0596. The van der Waals surface area contributed by atoms with Crippen LogP contribution in [-0.4, -0.2) is 47.9 Å². The number of hydrogen-bond acceptors (Lipinski definition) is 4. The van der Waals surface area contributed by atoms with E-state index in [-0.39, 0.29) is 17.9 Å². The lowest BCUT2D eigenvalue weighted by molar-refractivity contribution is -0.133. The number of carbonyl (C=O) groups excluding carboxylic acids is 1. The van der Waals surface area contributed by atoms with E-state index in [9.17, 15) is 4.79 Å². The molecule has 0 aromatic carbocycles. The molecule has 0 bridgehead atoms. The fourth-order valence-corrected chi connectivity index (χ4v) is 3.19. The summed E-state index contributed by atoms with van der Waals surface area (Å²) in [6.45, 7) is 8.11. The zero-order chi connectivity index (χ0) is 16.1. The highest BCUT2D eigenvalue weighted by Gasteiger charge is 2.27. The Bertz CT molecular complexity index is 540. The van der Waals surface area contributed by atoms with Crippen LogP contribution in [0.15, 0.2) is 10.4 Å². The molecule has 1 saturated heterocycles. The van der Waals surface area contributed by atoms with Crippen molar-refractivity contribution in [2.45, 2.75) is 39.8 Å². The number of aromatic nitrogens is 1. The lowest BCUT2D eigenvalue weighted by atomic mass is 10.2. The number of likely N-dealkylation sites (tertiary alicyclic amines) is 1. The number of aryl methyl sites for hydroxylation is 1. The van der Waals surface area contributed by atoms with Crippen molar-refractivity contribution in [1.82, 2.24) is 20.5 Å². The van der Waals surface area contributed by atoms with Crippen molar-refractivity contribution in [3.05, 3.63) is 16.1 Å². The Morgan fingerprint density at radius 3 is 2.95 bits per heavy atom. The van der Waals surface area contributed by atoms with Crippen molar-refractivity contribution in [3.8, 4) is 0 Å². The Balaban J connectivity index is 1.80. The Hall–Kier alpha value is -1.63. The lowest BCUT2D eigenvalue weighted by Gasteiger charge is -2.20. The van der Waals surface area contributed by atoms with Crippen LogP contribution in [0.3, 0.4) is 0 Å². The standard InChI is InChI=1S/C15H25N5OS/c1-10(2)14(21)20-6-5-12(8-20)19-15(16-4)17-7-13-18-11(3)9-22-13/h9-10,12H,5-8H2,1-4H3,(H2,16,17,19). The molecular formula is C15H25N5OS. The van der Waals surface area contributed by atoms with Gasteiger partial charge in [-0.3, -0.25) is 9.79 Å². The molecule has 1 aromatic heterocycles.